The highest BCUT2D eigenvalue weighted by Crippen LogP contribution is 2.24. The van der Waals surface area contributed by atoms with Crippen LogP contribution in [0.2, 0.25) is 0 Å². The lowest BCUT2D eigenvalue weighted by atomic mass is 10.2. The molecule has 0 fully saturated rings. The van der Waals surface area contributed by atoms with Gasteiger partial charge >= 0.3 is 0 Å². The molecule has 2 aromatic carbocycles. The van der Waals surface area contributed by atoms with Gasteiger partial charge in [0.05, 0.1) is 22.1 Å². The molecule has 0 atom stereocenters. The Kier molecular flexibility index (Phi) is 6.54. The molecule has 7 nitrogen and oxygen atoms in total. The Hall–Kier alpha value is -3.30. The van der Waals surface area contributed by atoms with Gasteiger partial charge in [0.25, 0.3) is 0 Å². The zero-order chi connectivity index (χ0) is 21.6. The maximum Gasteiger partial charge on any atom is 0.248 e. The standard InChI is InChI=1S/C22H18BrN5O2S/c1-15-26-18(12-31-15)11-30-19-6-2-16(3-7-19)4-9-22(29)27-20-10-17(23)5-8-21(20)28-14-24-13-25-28/h2-10,12-14H,11H2,1H3,(H,27,29)/b9-4+. The molecule has 0 spiro atoms. The number of nitrogens with zero attached hydrogens (tertiary/aromatic N) is 4. The van der Waals surface area contributed by atoms with Crippen LogP contribution in [0.3, 0.4) is 0 Å². The van der Waals surface area contributed by atoms with Crippen molar-refractivity contribution in [2.75, 3.05) is 5.32 Å². The number of hydrogen-bond donors (Lipinski definition) is 1. The molecule has 1 N–H and O–H groups in total. The second-order valence-electron chi connectivity index (χ2n) is 6.54. The summed E-state index contributed by atoms with van der Waals surface area (Å²) in [4.78, 5) is 20.8. The predicted molar refractivity (Wildman–Crippen MR) is 124 cm³/mol. The third kappa shape index (κ3) is 5.65. The first-order valence-corrected chi connectivity index (χ1v) is 11.0. The van der Waals surface area contributed by atoms with Gasteiger partial charge in [-0.2, -0.15) is 5.10 Å². The summed E-state index contributed by atoms with van der Waals surface area (Å²) in [5, 5.41) is 10.0. The molecule has 0 aliphatic rings. The second-order valence-corrected chi connectivity index (χ2v) is 8.52. The van der Waals surface area contributed by atoms with E-state index in [-0.39, 0.29) is 5.91 Å². The van der Waals surface area contributed by atoms with Crippen molar-refractivity contribution >= 4 is 44.9 Å². The van der Waals surface area contributed by atoms with Crippen molar-refractivity contribution in [2.45, 2.75) is 13.5 Å². The average Bonchev–Trinajstić information content (AvgIpc) is 3.44. The second kappa shape index (κ2) is 9.67. The number of aromatic nitrogens is 4. The Bertz CT molecular complexity index is 1200. The van der Waals surface area contributed by atoms with Gasteiger partial charge in [-0.1, -0.05) is 28.1 Å². The van der Waals surface area contributed by atoms with E-state index in [4.69, 9.17) is 4.74 Å². The van der Waals surface area contributed by atoms with Crippen molar-refractivity contribution in [1.29, 1.82) is 0 Å². The summed E-state index contributed by atoms with van der Waals surface area (Å²) in [6.07, 6.45) is 6.25. The molecule has 9 heteroatoms. The summed E-state index contributed by atoms with van der Waals surface area (Å²) in [7, 11) is 0. The third-order valence-electron chi connectivity index (χ3n) is 4.24. The number of rotatable bonds is 7. The van der Waals surface area contributed by atoms with Crippen LogP contribution in [-0.4, -0.2) is 25.7 Å². The summed E-state index contributed by atoms with van der Waals surface area (Å²) >= 11 is 5.03. The minimum Gasteiger partial charge on any atom is -0.487 e. The van der Waals surface area contributed by atoms with Crippen molar-refractivity contribution in [2.24, 2.45) is 0 Å². The van der Waals surface area contributed by atoms with Crippen LogP contribution in [0.15, 0.2) is 71.0 Å². The van der Waals surface area contributed by atoms with Gasteiger partial charge in [-0.05, 0) is 48.9 Å². The molecule has 0 saturated heterocycles. The smallest absolute Gasteiger partial charge is 0.248 e. The highest BCUT2D eigenvalue weighted by molar-refractivity contribution is 9.10. The number of aryl methyl sites for hydroxylation is 1. The predicted octanol–water partition coefficient (Wildman–Crippen LogP) is 5.03. The number of ether oxygens (including phenoxy) is 1. The molecule has 2 heterocycles. The maximum atomic E-state index is 12.5. The minimum atomic E-state index is -0.251. The molecule has 0 aliphatic carbocycles. The van der Waals surface area contributed by atoms with Gasteiger partial charge in [0.1, 0.15) is 25.0 Å². The van der Waals surface area contributed by atoms with Crippen LogP contribution in [0.25, 0.3) is 11.8 Å². The first kappa shape index (κ1) is 21.0. The fourth-order valence-corrected chi connectivity index (χ4v) is 3.75. The first-order chi connectivity index (χ1) is 15.1. The van der Waals surface area contributed by atoms with E-state index in [2.05, 4.69) is 36.3 Å². The molecule has 156 valence electrons. The summed E-state index contributed by atoms with van der Waals surface area (Å²) in [5.41, 5.74) is 3.15. The lowest BCUT2D eigenvalue weighted by molar-refractivity contribution is -0.111. The van der Waals surface area contributed by atoms with Crippen molar-refractivity contribution < 1.29 is 9.53 Å². The summed E-state index contributed by atoms with van der Waals surface area (Å²) in [6, 6.07) is 13.1. The van der Waals surface area contributed by atoms with Gasteiger partial charge in [-0.3, -0.25) is 4.79 Å². The lowest BCUT2D eigenvalue weighted by Crippen LogP contribution is -2.11. The minimum absolute atomic E-state index is 0.251. The van der Waals surface area contributed by atoms with Crippen molar-refractivity contribution in [3.63, 3.8) is 0 Å². The van der Waals surface area contributed by atoms with E-state index >= 15 is 0 Å². The highest BCUT2D eigenvalue weighted by Gasteiger charge is 2.08. The van der Waals surface area contributed by atoms with E-state index in [0.29, 0.717) is 12.3 Å². The fraction of sp³-hybridized carbons (Fsp3) is 0.0909. The third-order valence-corrected chi connectivity index (χ3v) is 5.56. The van der Waals surface area contributed by atoms with E-state index in [1.54, 1.807) is 28.4 Å². The highest BCUT2D eigenvalue weighted by atomic mass is 79.9. The Morgan fingerprint density at radius 1 is 1.26 bits per heavy atom. The van der Waals surface area contributed by atoms with Crippen molar-refractivity contribution in [1.82, 2.24) is 19.7 Å². The summed E-state index contributed by atoms with van der Waals surface area (Å²) in [6.45, 7) is 2.40. The Balaban J connectivity index is 1.38. The number of benzene rings is 2. The van der Waals surface area contributed by atoms with E-state index in [9.17, 15) is 4.79 Å². The normalized spacial score (nSPS) is 11.0. The molecule has 0 unspecified atom stereocenters. The largest absolute Gasteiger partial charge is 0.487 e. The van der Waals surface area contributed by atoms with Gasteiger partial charge < -0.3 is 10.1 Å². The maximum absolute atomic E-state index is 12.5. The number of anilines is 1. The molecule has 0 bridgehead atoms. The molecular weight excluding hydrogens is 478 g/mol. The summed E-state index contributed by atoms with van der Waals surface area (Å²) in [5.74, 6) is 0.498. The number of carbonyl (C=O) groups is 1. The first-order valence-electron chi connectivity index (χ1n) is 9.34. The Labute approximate surface area is 191 Å². The molecule has 0 aliphatic heterocycles. The molecular formula is C22H18BrN5O2S. The van der Waals surface area contributed by atoms with Gasteiger partial charge in [0.2, 0.25) is 5.91 Å². The van der Waals surface area contributed by atoms with Gasteiger partial charge in [0.15, 0.2) is 0 Å². The number of hydrogen-bond acceptors (Lipinski definition) is 6. The van der Waals surface area contributed by atoms with Gasteiger partial charge in [-0.25, -0.2) is 14.6 Å². The molecule has 0 radical (unpaired) electrons. The van der Waals surface area contributed by atoms with Crippen LogP contribution in [0.5, 0.6) is 5.75 Å². The number of amides is 1. The number of carbonyl (C=O) groups excluding carboxylic acids is 1. The van der Waals surface area contributed by atoms with Gasteiger partial charge in [0, 0.05) is 15.9 Å². The van der Waals surface area contributed by atoms with Crippen molar-refractivity contribution in [3.05, 3.63) is 87.3 Å². The van der Waals surface area contributed by atoms with E-state index < -0.39 is 0 Å². The molecule has 4 aromatic rings. The molecule has 31 heavy (non-hydrogen) atoms. The summed E-state index contributed by atoms with van der Waals surface area (Å²) < 4.78 is 8.19. The SMILES string of the molecule is Cc1nc(COc2ccc(/C=C/C(=O)Nc3cc(Br)ccc3-n3cncn3)cc2)cs1. The van der Waals surface area contributed by atoms with Crippen LogP contribution >= 0.6 is 27.3 Å². The van der Waals surface area contributed by atoms with E-state index in [1.165, 1.54) is 12.4 Å². The van der Waals surface area contributed by atoms with Crippen molar-refractivity contribution in [3.8, 4) is 11.4 Å². The zero-order valence-corrected chi connectivity index (χ0v) is 18.9. The Morgan fingerprint density at radius 2 is 2.10 bits per heavy atom. The van der Waals surface area contributed by atoms with Crippen LogP contribution in [0, 0.1) is 6.92 Å². The van der Waals surface area contributed by atoms with Crippen LogP contribution in [0.1, 0.15) is 16.3 Å². The monoisotopic (exact) mass is 495 g/mol. The zero-order valence-electron chi connectivity index (χ0n) is 16.5. The molecule has 2 aromatic heterocycles. The van der Waals surface area contributed by atoms with Crippen LogP contribution in [-0.2, 0) is 11.4 Å². The lowest BCUT2D eigenvalue weighted by Gasteiger charge is -2.10. The quantitative estimate of drug-likeness (QED) is 0.363. The van der Waals surface area contributed by atoms with Crippen LogP contribution < -0.4 is 10.1 Å². The Morgan fingerprint density at radius 3 is 2.81 bits per heavy atom. The van der Waals surface area contributed by atoms with Crippen LogP contribution in [0.4, 0.5) is 5.69 Å². The number of thiazole rings is 1. The molecule has 0 saturated carbocycles. The van der Waals surface area contributed by atoms with E-state index in [1.807, 2.05) is 54.8 Å². The van der Waals surface area contributed by atoms with Gasteiger partial charge in [-0.15, -0.1) is 11.3 Å². The molecule has 1 amide bonds. The topological polar surface area (TPSA) is 81.9 Å². The molecule has 4 rings (SSSR count). The van der Waals surface area contributed by atoms with E-state index in [0.717, 1.165) is 32.2 Å². The number of nitrogens with one attached hydrogen (secondary N) is 1. The average molecular weight is 496 g/mol. The fourth-order valence-electron chi connectivity index (χ4n) is 2.79. The number of halogens is 1.